The van der Waals surface area contributed by atoms with Crippen LogP contribution in [-0.4, -0.2) is 44.7 Å². The zero-order valence-electron chi connectivity index (χ0n) is 12.7. The molecule has 0 spiro atoms. The van der Waals surface area contributed by atoms with E-state index in [2.05, 4.69) is 0 Å². The maximum Gasteiger partial charge on any atom is 0.257 e. The van der Waals surface area contributed by atoms with E-state index in [1.807, 2.05) is 13.8 Å². The summed E-state index contributed by atoms with van der Waals surface area (Å²) in [4.78, 5) is 14.4. The number of benzene rings is 1. The van der Waals surface area contributed by atoms with Crippen molar-refractivity contribution in [2.24, 2.45) is 11.7 Å². The molecular weight excluding hydrogens is 256 g/mol. The van der Waals surface area contributed by atoms with Crippen LogP contribution in [-0.2, 0) is 0 Å². The molecule has 0 radical (unpaired) electrons. The lowest BCUT2D eigenvalue weighted by Crippen LogP contribution is -2.36. The van der Waals surface area contributed by atoms with Crippen LogP contribution < -0.4 is 15.2 Å². The van der Waals surface area contributed by atoms with E-state index in [1.165, 1.54) is 0 Å². The Labute approximate surface area is 120 Å². The molecule has 0 aliphatic carbocycles. The first-order valence-corrected chi connectivity index (χ1v) is 6.78. The van der Waals surface area contributed by atoms with Crippen molar-refractivity contribution in [3.8, 4) is 11.5 Å². The average molecular weight is 280 g/mol. The topological polar surface area (TPSA) is 64.8 Å². The second-order valence-electron chi connectivity index (χ2n) is 4.75. The Morgan fingerprint density at radius 3 is 2.55 bits per heavy atom. The SMILES string of the molecule is CCN(CC(C)CN)C(=O)c1cc(OC)ccc1OC. The molecule has 0 saturated carbocycles. The first-order valence-electron chi connectivity index (χ1n) is 6.78. The van der Waals surface area contributed by atoms with Gasteiger partial charge in [0.25, 0.3) is 5.91 Å². The molecule has 5 heteroatoms. The molecule has 0 saturated heterocycles. The lowest BCUT2D eigenvalue weighted by atomic mass is 10.1. The molecule has 1 unspecified atom stereocenters. The molecular formula is C15H24N2O3. The summed E-state index contributed by atoms with van der Waals surface area (Å²) >= 11 is 0. The van der Waals surface area contributed by atoms with Gasteiger partial charge in [-0.05, 0) is 37.6 Å². The molecule has 112 valence electrons. The summed E-state index contributed by atoms with van der Waals surface area (Å²) in [6.07, 6.45) is 0. The summed E-state index contributed by atoms with van der Waals surface area (Å²) in [5.41, 5.74) is 6.14. The van der Waals surface area contributed by atoms with Crippen LogP contribution in [0.1, 0.15) is 24.2 Å². The largest absolute Gasteiger partial charge is 0.497 e. The highest BCUT2D eigenvalue weighted by Gasteiger charge is 2.20. The normalized spacial score (nSPS) is 11.8. The monoisotopic (exact) mass is 280 g/mol. The van der Waals surface area contributed by atoms with Crippen LogP contribution in [0.3, 0.4) is 0 Å². The van der Waals surface area contributed by atoms with Crippen LogP contribution in [0.4, 0.5) is 0 Å². The molecule has 20 heavy (non-hydrogen) atoms. The van der Waals surface area contributed by atoms with Crippen molar-refractivity contribution < 1.29 is 14.3 Å². The van der Waals surface area contributed by atoms with Gasteiger partial charge in [0.2, 0.25) is 0 Å². The zero-order valence-corrected chi connectivity index (χ0v) is 12.7. The number of rotatable bonds is 7. The quantitative estimate of drug-likeness (QED) is 0.826. The molecule has 1 rings (SSSR count). The highest BCUT2D eigenvalue weighted by molar-refractivity contribution is 5.97. The Morgan fingerprint density at radius 1 is 1.35 bits per heavy atom. The minimum Gasteiger partial charge on any atom is -0.497 e. The van der Waals surface area contributed by atoms with Crippen LogP contribution in [0.5, 0.6) is 11.5 Å². The van der Waals surface area contributed by atoms with E-state index in [0.717, 1.165) is 0 Å². The number of carbonyl (C=O) groups excluding carboxylic acids is 1. The minimum atomic E-state index is -0.0662. The van der Waals surface area contributed by atoms with Gasteiger partial charge in [0.1, 0.15) is 11.5 Å². The van der Waals surface area contributed by atoms with E-state index >= 15 is 0 Å². The number of methoxy groups -OCH3 is 2. The fraction of sp³-hybridized carbons (Fsp3) is 0.533. The van der Waals surface area contributed by atoms with Crippen molar-refractivity contribution in [1.82, 2.24) is 4.90 Å². The molecule has 0 bridgehead atoms. The summed E-state index contributed by atoms with van der Waals surface area (Å²) in [5.74, 6) is 1.38. The van der Waals surface area contributed by atoms with Gasteiger partial charge in [0.05, 0.1) is 19.8 Å². The first-order chi connectivity index (χ1) is 9.57. The fourth-order valence-electron chi connectivity index (χ4n) is 1.96. The number of hydrogen-bond donors (Lipinski definition) is 1. The summed E-state index contributed by atoms with van der Waals surface area (Å²) in [6, 6.07) is 5.22. The molecule has 1 aromatic rings. The van der Waals surface area contributed by atoms with Gasteiger partial charge in [-0.25, -0.2) is 0 Å². The van der Waals surface area contributed by atoms with Gasteiger partial charge in [-0.2, -0.15) is 0 Å². The van der Waals surface area contributed by atoms with Crippen LogP contribution in [0.25, 0.3) is 0 Å². The molecule has 1 aromatic carbocycles. The van der Waals surface area contributed by atoms with Gasteiger partial charge in [-0.1, -0.05) is 6.92 Å². The minimum absolute atomic E-state index is 0.0662. The Balaban J connectivity index is 3.04. The first kappa shape index (κ1) is 16.3. The molecule has 0 aliphatic rings. The van der Waals surface area contributed by atoms with E-state index in [1.54, 1.807) is 37.3 Å². The summed E-state index contributed by atoms with van der Waals surface area (Å²) in [6.45, 7) is 5.79. The predicted octanol–water partition coefficient (Wildman–Crippen LogP) is 1.76. The smallest absolute Gasteiger partial charge is 0.257 e. The standard InChI is InChI=1S/C15H24N2O3/c1-5-17(10-11(2)9-16)15(18)13-8-12(19-3)6-7-14(13)20-4/h6-8,11H,5,9-10,16H2,1-4H3. The second kappa shape index (κ2) is 7.75. The highest BCUT2D eigenvalue weighted by Crippen LogP contribution is 2.25. The van der Waals surface area contributed by atoms with Gasteiger partial charge in [-0.15, -0.1) is 0 Å². The van der Waals surface area contributed by atoms with Crippen molar-refractivity contribution in [3.05, 3.63) is 23.8 Å². The van der Waals surface area contributed by atoms with Gasteiger partial charge >= 0.3 is 0 Å². The molecule has 0 aliphatic heterocycles. The molecule has 2 N–H and O–H groups in total. The Bertz CT molecular complexity index is 449. The Kier molecular flexibility index (Phi) is 6.31. The number of nitrogens with two attached hydrogens (primary N) is 1. The number of ether oxygens (including phenoxy) is 2. The van der Waals surface area contributed by atoms with Gasteiger partial charge < -0.3 is 20.1 Å². The number of hydrogen-bond acceptors (Lipinski definition) is 4. The van der Waals surface area contributed by atoms with Gasteiger partial charge in [0.15, 0.2) is 0 Å². The molecule has 0 fully saturated rings. The summed E-state index contributed by atoms with van der Waals surface area (Å²) in [7, 11) is 3.13. The lowest BCUT2D eigenvalue weighted by molar-refractivity contribution is 0.0740. The molecule has 0 heterocycles. The molecule has 0 aromatic heterocycles. The summed E-state index contributed by atoms with van der Waals surface area (Å²) < 4.78 is 10.4. The van der Waals surface area contributed by atoms with Gasteiger partial charge in [-0.3, -0.25) is 4.79 Å². The van der Waals surface area contributed by atoms with Crippen molar-refractivity contribution in [3.63, 3.8) is 0 Å². The number of amides is 1. The van der Waals surface area contributed by atoms with Gasteiger partial charge in [0, 0.05) is 13.1 Å². The number of carbonyl (C=O) groups is 1. The molecule has 1 amide bonds. The van der Waals surface area contributed by atoms with Crippen molar-refractivity contribution >= 4 is 5.91 Å². The van der Waals surface area contributed by atoms with Crippen molar-refractivity contribution in [2.75, 3.05) is 33.9 Å². The van der Waals surface area contributed by atoms with E-state index in [0.29, 0.717) is 36.7 Å². The molecule has 1 atom stereocenters. The lowest BCUT2D eigenvalue weighted by Gasteiger charge is -2.25. The third kappa shape index (κ3) is 3.87. The third-order valence-electron chi connectivity index (χ3n) is 3.24. The maximum atomic E-state index is 12.6. The van der Waals surface area contributed by atoms with Crippen molar-refractivity contribution in [2.45, 2.75) is 13.8 Å². The zero-order chi connectivity index (χ0) is 15.1. The third-order valence-corrected chi connectivity index (χ3v) is 3.24. The van der Waals surface area contributed by atoms with E-state index in [9.17, 15) is 4.79 Å². The highest BCUT2D eigenvalue weighted by atomic mass is 16.5. The van der Waals surface area contributed by atoms with Crippen LogP contribution in [0.2, 0.25) is 0 Å². The fourth-order valence-corrected chi connectivity index (χ4v) is 1.96. The van der Waals surface area contributed by atoms with Crippen LogP contribution in [0, 0.1) is 5.92 Å². The second-order valence-corrected chi connectivity index (χ2v) is 4.75. The predicted molar refractivity (Wildman–Crippen MR) is 79.3 cm³/mol. The molecule has 5 nitrogen and oxygen atoms in total. The average Bonchev–Trinajstić information content (AvgIpc) is 2.50. The van der Waals surface area contributed by atoms with Crippen LogP contribution >= 0.6 is 0 Å². The van der Waals surface area contributed by atoms with Crippen LogP contribution in [0.15, 0.2) is 18.2 Å². The summed E-state index contributed by atoms with van der Waals surface area (Å²) in [5, 5.41) is 0. The Morgan fingerprint density at radius 2 is 2.05 bits per heavy atom. The van der Waals surface area contributed by atoms with E-state index in [-0.39, 0.29) is 11.8 Å². The Hall–Kier alpha value is -1.75. The van der Waals surface area contributed by atoms with E-state index < -0.39 is 0 Å². The maximum absolute atomic E-state index is 12.6. The number of nitrogens with zero attached hydrogens (tertiary/aromatic N) is 1. The van der Waals surface area contributed by atoms with E-state index in [4.69, 9.17) is 15.2 Å². The van der Waals surface area contributed by atoms with Crippen molar-refractivity contribution in [1.29, 1.82) is 0 Å².